The van der Waals surface area contributed by atoms with Crippen LogP contribution in [0.1, 0.15) is 46.7 Å². The summed E-state index contributed by atoms with van der Waals surface area (Å²) < 4.78 is 0. The van der Waals surface area contributed by atoms with Crippen molar-refractivity contribution < 1.29 is 0 Å². The van der Waals surface area contributed by atoms with Crippen molar-refractivity contribution >= 4 is 46.3 Å². The van der Waals surface area contributed by atoms with Gasteiger partial charge in [0.1, 0.15) is 5.70 Å². The second kappa shape index (κ2) is 14.3. The van der Waals surface area contributed by atoms with E-state index in [1.165, 1.54) is 61.3 Å². The molecular weight excluding hydrogens is 725 g/mol. The molecule has 0 bridgehead atoms. The summed E-state index contributed by atoms with van der Waals surface area (Å²) in [5.74, 6) is 3.15. The van der Waals surface area contributed by atoms with Crippen LogP contribution < -0.4 is 20.2 Å². The van der Waals surface area contributed by atoms with Crippen molar-refractivity contribution in [2.45, 2.75) is 25.2 Å². The summed E-state index contributed by atoms with van der Waals surface area (Å²) in [6.45, 7) is 2.07. The first-order chi connectivity index (χ1) is 29.7. The fourth-order valence-electron chi connectivity index (χ4n) is 10.3. The van der Waals surface area contributed by atoms with Gasteiger partial charge in [-0.1, -0.05) is 158 Å². The van der Waals surface area contributed by atoms with Gasteiger partial charge in [-0.05, 0) is 135 Å². The first-order valence-electron chi connectivity index (χ1n) is 20.9. The molecule has 0 heterocycles. The number of benzene rings is 8. The predicted molar refractivity (Wildman–Crippen MR) is 251 cm³/mol. The quantitative estimate of drug-likeness (QED) is 0.156. The molecule has 0 saturated heterocycles. The number of anilines is 5. The highest BCUT2D eigenvalue weighted by Gasteiger charge is 2.52. The van der Waals surface area contributed by atoms with Crippen LogP contribution in [-0.2, 0) is 11.8 Å². The van der Waals surface area contributed by atoms with Gasteiger partial charge in [0, 0.05) is 33.7 Å². The number of rotatable bonds is 6. The van der Waals surface area contributed by atoms with Crippen molar-refractivity contribution in [3.05, 3.63) is 238 Å². The maximum atomic E-state index is 6.56. The zero-order chi connectivity index (χ0) is 40.2. The zero-order valence-corrected chi connectivity index (χ0v) is 33.5. The molecule has 0 aliphatic heterocycles. The van der Waals surface area contributed by atoms with Crippen LogP contribution in [0.4, 0.5) is 28.4 Å². The molecule has 2 heteroatoms. The third-order valence-electron chi connectivity index (χ3n) is 12.8. The lowest BCUT2D eigenvalue weighted by molar-refractivity contribution is 0.793. The Morgan fingerprint density at radius 3 is 1.82 bits per heavy atom. The Labute approximate surface area is 352 Å². The summed E-state index contributed by atoms with van der Waals surface area (Å²) in [5.41, 5.74) is 18.6. The van der Waals surface area contributed by atoms with E-state index in [-0.39, 0.29) is 0 Å². The van der Waals surface area contributed by atoms with E-state index in [1.807, 2.05) is 0 Å². The Morgan fingerprint density at radius 1 is 0.550 bits per heavy atom. The molecule has 0 amide bonds. The highest BCUT2D eigenvalue weighted by Crippen LogP contribution is 2.64. The van der Waals surface area contributed by atoms with Crippen LogP contribution in [-0.4, -0.2) is 0 Å². The summed E-state index contributed by atoms with van der Waals surface area (Å²) in [4.78, 5) is 4.74. The standard InChI is InChI=1S/C58H42N2/c1-3-40-20-11-13-27-46(40)56(4-2)59(42-23-7-5-8-24-42)44-34-36-50-51-37-35-45(60(43-25-9-6-10-26-43)57-33-19-22-41-21-12-14-28-47(41)57)39-55(51)58(54(50)38-44)52-31-17-15-29-48(52)49-30-16-18-32-53(49)58/h2-3,5-13,15-27,29-39H,14,28H2,1H3/b40-3-,56-46+. The number of hydrogen-bond acceptors (Lipinski definition) is 2. The van der Waals surface area contributed by atoms with Crippen molar-refractivity contribution in [3.63, 3.8) is 0 Å². The fourth-order valence-corrected chi connectivity index (χ4v) is 10.3. The van der Waals surface area contributed by atoms with E-state index < -0.39 is 5.41 Å². The van der Waals surface area contributed by atoms with Crippen LogP contribution in [0.15, 0.2) is 194 Å². The molecule has 8 aromatic carbocycles. The van der Waals surface area contributed by atoms with Crippen LogP contribution in [0.3, 0.4) is 0 Å². The van der Waals surface area contributed by atoms with Gasteiger partial charge in [0.15, 0.2) is 0 Å². The fraction of sp³-hybridized carbons (Fsp3) is 0.0690. The minimum absolute atomic E-state index is 0.584. The second-order valence-electron chi connectivity index (χ2n) is 15.8. The summed E-state index contributed by atoms with van der Waals surface area (Å²) in [5, 5.41) is 2.12. The topological polar surface area (TPSA) is 6.48 Å². The van der Waals surface area contributed by atoms with Gasteiger partial charge >= 0.3 is 0 Å². The third-order valence-corrected chi connectivity index (χ3v) is 12.8. The number of hydrogen-bond donors (Lipinski definition) is 0. The molecule has 0 fully saturated rings. The smallest absolute Gasteiger partial charge is 0.105 e. The van der Waals surface area contributed by atoms with E-state index in [2.05, 4.69) is 229 Å². The van der Waals surface area contributed by atoms with E-state index in [9.17, 15) is 0 Å². The Kier molecular flexibility index (Phi) is 8.50. The van der Waals surface area contributed by atoms with Gasteiger partial charge in [0.05, 0.1) is 5.41 Å². The third kappa shape index (κ3) is 5.30. The maximum absolute atomic E-state index is 6.56. The van der Waals surface area contributed by atoms with E-state index in [0.717, 1.165) is 51.7 Å². The summed E-state index contributed by atoms with van der Waals surface area (Å²) >= 11 is 0. The average Bonchev–Trinajstić information content (AvgIpc) is 3.78. The maximum Gasteiger partial charge on any atom is 0.105 e. The normalized spacial score (nSPS) is 14.4. The molecule has 3 aliphatic carbocycles. The Balaban J connectivity index is 1.21. The summed E-state index contributed by atoms with van der Waals surface area (Å²) in [6.07, 6.45) is 15.3. The van der Waals surface area contributed by atoms with Gasteiger partial charge in [-0.3, -0.25) is 0 Å². The SMILES string of the molecule is C#C/C(=c1/cccc/c1=C/C)N(c1ccccc1)c1ccc2c(c1)C1(c3ccccc3-c3ccccc31)c1cc(N(c3ccccc3)c3cccc4c3CCC=C4)ccc1-2. The molecule has 60 heavy (non-hydrogen) atoms. The van der Waals surface area contributed by atoms with Gasteiger partial charge in [-0.25, -0.2) is 0 Å². The average molecular weight is 767 g/mol. The minimum atomic E-state index is -0.584. The molecular formula is C58H42N2. The van der Waals surface area contributed by atoms with Crippen molar-refractivity contribution in [2.75, 3.05) is 9.80 Å². The van der Waals surface area contributed by atoms with E-state index in [4.69, 9.17) is 6.42 Å². The lowest BCUT2D eigenvalue weighted by Gasteiger charge is -2.34. The van der Waals surface area contributed by atoms with Crippen LogP contribution in [0, 0.1) is 12.3 Å². The lowest BCUT2D eigenvalue weighted by Crippen LogP contribution is -2.32. The van der Waals surface area contributed by atoms with Gasteiger partial charge in [0.25, 0.3) is 0 Å². The van der Waals surface area contributed by atoms with Gasteiger partial charge in [-0.2, -0.15) is 0 Å². The van der Waals surface area contributed by atoms with Crippen molar-refractivity contribution in [1.82, 2.24) is 0 Å². The molecule has 0 N–H and O–H groups in total. The van der Waals surface area contributed by atoms with Crippen LogP contribution in [0.25, 0.3) is 40.1 Å². The number of terminal acetylenes is 1. The lowest BCUT2D eigenvalue weighted by atomic mass is 9.70. The second-order valence-corrected chi connectivity index (χ2v) is 15.8. The summed E-state index contributed by atoms with van der Waals surface area (Å²) in [6, 6.07) is 68.8. The number of para-hydroxylation sites is 2. The Hall–Kier alpha value is -7.60. The largest absolute Gasteiger partial charge is 0.310 e. The van der Waals surface area contributed by atoms with Crippen LogP contribution in [0.2, 0.25) is 0 Å². The zero-order valence-electron chi connectivity index (χ0n) is 33.5. The van der Waals surface area contributed by atoms with Gasteiger partial charge in [-0.15, -0.1) is 6.42 Å². The molecule has 0 aromatic heterocycles. The molecule has 1 spiro atoms. The molecule has 0 unspecified atom stereocenters. The molecule has 3 aliphatic rings. The van der Waals surface area contributed by atoms with Crippen molar-refractivity contribution in [1.29, 1.82) is 0 Å². The molecule has 0 saturated carbocycles. The Bertz CT molecular complexity index is 3140. The number of fused-ring (bicyclic) bond motifs is 11. The highest BCUT2D eigenvalue weighted by atomic mass is 15.2. The molecule has 0 radical (unpaired) electrons. The van der Waals surface area contributed by atoms with Gasteiger partial charge < -0.3 is 9.80 Å². The predicted octanol–water partition coefficient (Wildman–Crippen LogP) is 12.8. The number of nitrogens with zero attached hydrogens (tertiary/aromatic N) is 2. The Morgan fingerprint density at radius 2 is 1.13 bits per heavy atom. The van der Waals surface area contributed by atoms with E-state index in [0.29, 0.717) is 0 Å². The van der Waals surface area contributed by atoms with Crippen LogP contribution in [0.5, 0.6) is 0 Å². The van der Waals surface area contributed by atoms with Crippen molar-refractivity contribution in [3.8, 4) is 34.6 Å². The minimum Gasteiger partial charge on any atom is -0.310 e. The molecule has 11 rings (SSSR count). The molecule has 8 aromatic rings. The molecule has 284 valence electrons. The van der Waals surface area contributed by atoms with Crippen molar-refractivity contribution in [2.24, 2.45) is 0 Å². The van der Waals surface area contributed by atoms with Crippen LogP contribution >= 0.6 is 0 Å². The molecule has 0 atom stereocenters. The summed E-state index contributed by atoms with van der Waals surface area (Å²) in [7, 11) is 0. The van der Waals surface area contributed by atoms with E-state index in [1.54, 1.807) is 0 Å². The number of allylic oxidation sites excluding steroid dienone is 1. The highest BCUT2D eigenvalue weighted by molar-refractivity contribution is 5.98. The first kappa shape index (κ1) is 35.6. The first-order valence-corrected chi connectivity index (χ1v) is 20.9. The molecule has 2 nitrogen and oxygen atoms in total. The monoisotopic (exact) mass is 766 g/mol. The van der Waals surface area contributed by atoms with Gasteiger partial charge in [0.2, 0.25) is 0 Å². The van der Waals surface area contributed by atoms with E-state index >= 15 is 0 Å².